The summed E-state index contributed by atoms with van der Waals surface area (Å²) in [4.78, 5) is 26.4. The summed E-state index contributed by atoms with van der Waals surface area (Å²) in [5, 5.41) is 23.6. The van der Waals surface area contributed by atoms with Crippen molar-refractivity contribution in [3.05, 3.63) is 59.7 Å². The number of hydrogen-bond acceptors (Lipinski definition) is 4. The lowest BCUT2D eigenvalue weighted by molar-refractivity contribution is 0.102. The number of aliphatic hydroxyl groups is 1. The minimum absolute atomic E-state index is 0.110. The maximum Gasteiger partial charge on any atom is 0.321 e. The number of anilines is 2. The van der Waals surface area contributed by atoms with Gasteiger partial charge in [0, 0.05) is 30.0 Å². The average Bonchev–Trinajstić information content (AvgIpc) is 2.71. The van der Waals surface area contributed by atoms with E-state index in [1.807, 2.05) is 13.0 Å². The van der Waals surface area contributed by atoms with Crippen molar-refractivity contribution in [2.75, 3.05) is 30.3 Å². The van der Waals surface area contributed by atoms with E-state index < -0.39 is 0 Å². The van der Waals surface area contributed by atoms with Crippen LogP contribution in [0, 0.1) is 11.3 Å². The maximum atomic E-state index is 12.5. The highest BCUT2D eigenvalue weighted by molar-refractivity contribution is 6.05. The fourth-order valence-corrected chi connectivity index (χ4v) is 2.60. The van der Waals surface area contributed by atoms with Crippen LogP contribution < -0.4 is 10.6 Å². The van der Waals surface area contributed by atoms with Gasteiger partial charge in [0.25, 0.3) is 5.91 Å². The maximum absolute atomic E-state index is 12.5. The normalized spacial score (nSPS) is 10.0. The van der Waals surface area contributed by atoms with Gasteiger partial charge in [0.2, 0.25) is 0 Å². The Morgan fingerprint density at radius 1 is 1.07 bits per heavy atom. The topological polar surface area (TPSA) is 105 Å². The molecule has 0 saturated carbocycles. The molecule has 7 heteroatoms. The number of urea groups is 1. The molecule has 2 rings (SSSR count). The highest BCUT2D eigenvalue weighted by Crippen LogP contribution is 2.15. The van der Waals surface area contributed by atoms with E-state index in [0.717, 1.165) is 12.8 Å². The van der Waals surface area contributed by atoms with Crippen LogP contribution in [0.5, 0.6) is 0 Å². The van der Waals surface area contributed by atoms with Crippen LogP contribution in [0.25, 0.3) is 0 Å². The molecule has 0 saturated heterocycles. The standard InChI is InChI=1S/C21H24N4O3/c1-2-3-10-25(11-12-26)21(28)24-19-9-5-7-17(14-19)20(27)23-18-8-4-6-16(13-18)15-22/h4-9,13-14,26H,2-3,10-12H2,1H3,(H,23,27)(H,24,28). The number of nitrogens with zero attached hydrogens (tertiary/aromatic N) is 2. The fraction of sp³-hybridized carbons (Fsp3) is 0.286. The third-order valence-corrected chi connectivity index (χ3v) is 4.06. The molecule has 0 fully saturated rings. The predicted octanol–water partition coefficient (Wildman–Crippen LogP) is 3.44. The fourth-order valence-electron chi connectivity index (χ4n) is 2.60. The van der Waals surface area contributed by atoms with Gasteiger partial charge in [-0.25, -0.2) is 4.79 Å². The summed E-state index contributed by atoms with van der Waals surface area (Å²) in [7, 11) is 0. The Kier molecular flexibility index (Phi) is 8.00. The van der Waals surface area contributed by atoms with Crippen molar-refractivity contribution >= 4 is 23.3 Å². The van der Waals surface area contributed by atoms with Crippen LogP contribution in [0.3, 0.4) is 0 Å². The second-order valence-corrected chi connectivity index (χ2v) is 6.22. The Balaban J connectivity index is 2.06. The highest BCUT2D eigenvalue weighted by atomic mass is 16.3. The van der Waals surface area contributed by atoms with E-state index >= 15 is 0 Å². The number of carbonyl (C=O) groups excluding carboxylic acids is 2. The second kappa shape index (κ2) is 10.7. The quantitative estimate of drug-likeness (QED) is 0.652. The van der Waals surface area contributed by atoms with Gasteiger partial charge in [-0.1, -0.05) is 25.5 Å². The zero-order valence-corrected chi connectivity index (χ0v) is 15.8. The van der Waals surface area contributed by atoms with Gasteiger partial charge in [-0.3, -0.25) is 4.79 Å². The number of amides is 3. The first-order valence-corrected chi connectivity index (χ1v) is 9.15. The van der Waals surface area contributed by atoms with Crippen molar-refractivity contribution in [1.82, 2.24) is 4.90 Å². The van der Waals surface area contributed by atoms with Gasteiger partial charge in [-0.05, 0) is 42.8 Å². The third-order valence-electron chi connectivity index (χ3n) is 4.06. The van der Waals surface area contributed by atoms with Crippen molar-refractivity contribution in [2.24, 2.45) is 0 Å². The molecule has 0 atom stereocenters. The molecule has 28 heavy (non-hydrogen) atoms. The Bertz CT molecular complexity index is 861. The lowest BCUT2D eigenvalue weighted by Gasteiger charge is -2.22. The van der Waals surface area contributed by atoms with E-state index in [1.165, 1.54) is 0 Å². The van der Waals surface area contributed by atoms with E-state index in [4.69, 9.17) is 10.4 Å². The molecule has 0 aliphatic heterocycles. The first-order valence-electron chi connectivity index (χ1n) is 9.15. The van der Waals surface area contributed by atoms with Crippen LogP contribution in [0.2, 0.25) is 0 Å². The summed E-state index contributed by atoms with van der Waals surface area (Å²) in [5.41, 5.74) is 1.84. The lowest BCUT2D eigenvalue weighted by atomic mass is 10.1. The minimum Gasteiger partial charge on any atom is -0.395 e. The zero-order chi connectivity index (χ0) is 20.4. The number of hydrogen-bond donors (Lipinski definition) is 3. The van der Waals surface area contributed by atoms with E-state index in [2.05, 4.69) is 10.6 Å². The largest absolute Gasteiger partial charge is 0.395 e. The van der Waals surface area contributed by atoms with E-state index in [-0.39, 0.29) is 25.1 Å². The number of aliphatic hydroxyl groups excluding tert-OH is 1. The van der Waals surface area contributed by atoms with Gasteiger partial charge in [-0.2, -0.15) is 5.26 Å². The summed E-state index contributed by atoms with van der Waals surface area (Å²) in [6.45, 7) is 2.73. The summed E-state index contributed by atoms with van der Waals surface area (Å²) in [6, 6.07) is 14.9. The van der Waals surface area contributed by atoms with Crippen molar-refractivity contribution in [1.29, 1.82) is 5.26 Å². The Hall–Kier alpha value is -3.37. The van der Waals surface area contributed by atoms with Crippen LogP contribution in [-0.2, 0) is 0 Å². The molecule has 0 aliphatic rings. The number of unbranched alkanes of at least 4 members (excludes halogenated alkanes) is 1. The van der Waals surface area contributed by atoms with Gasteiger partial charge in [0.15, 0.2) is 0 Å². The number of rotatable bonds is 8. The molecule has 0 unspecified atom stereocenters. The molecule has 0 radical (unpaired) electrons. The summed E-state index contributed by atoms with van der Waals surface area (Å²) in [5.74, 6) is -0.343. The molecule has 3 amide bonds. The average molecular weight is 380 g/mol. The highest BCUT2D eigenvalue weighted by Gasteiger charge is 2.14. The molecular weight excluding hydrogens is 356 g/mol. The molecule has 7 nitrogen and oxygen atoms in total. The second-order valence-electron chi connectivity index (χ2n) is 6.22. The molecule has 2 aromatic carbocycles. The van der Waals surface area contributed by atoms with Gasteiger partial charge in [0.05, 0.1) is 18.2 Å². The van der Waals surface area contributed by atoms with E-state index in [0.29, 0.717) is 29.0 Å². The number of nitrogens with one attached hydrogen (secondary N) is 2. The first kappa shape index (κ1) is 20.9. The van der Waals surface area contributed by atoms with Crippen molar-refractivity contribution < 1.29 is 14.7 Å². The summed E-state index contributed by atoms with van der Waals surface area (Å²) in [6.07, 6.45) is 1.79. The Labute approximate surface area is 164 Å². The molecule has 0 aliphatic carbocycles. The van der Waals surface area contributed by atoms with Crippen LogP contribution >= 0.6 is 0 Å². The molecule has 0 heterocycles. The molecule has 0 aromatic heterocycles. The monoisotopic (exact) mass is 380 g/mol. The zero-order valence-electron chi connectivity index (χ0n) is 15.8. The SMILES string of the molecule is CCCCN(CCO)C(=O)Nc1cccc(C(=O)Nc2cccc(C#N)c2)c1. The number of carbonyl (C=O) groups is 2. The first-order chi connectivity index (χ1) is 13.6. The molecule has 3 N–H and O–H groups in total. The molecular formula is C21H24N4O3. The smallest absolute Gasteiger partial charge is 0.321 e. The third kappa shape index (κ3) is 6.11. The summed E-state index contributed by atoms with van der Waals surface area (Å²) >= 11 is 0. The van der Waals surface area contributed by atoms with Crippen LogP contribution in [-0.4, -0.2) is 41.6 Å². The van der Waals surface area contributed by atoms with Crippen LogP contribution in [0.1, 0.15) is 35.7 Å². The van der Waals surface area contributed by atoms with Crippen molar-refractivity contribution in [3.8, 4) is 6.07 Å². The molecule has 0 spiro atoms. The van der Waals surface area contributed by atoms with Gasteiger partial charge in [0.1, 0.15) is 0 Å². The van der Waals surface area contributed by atoms with Crippen molar-refractivity contribution in [3.63, 3.8) is 0 Å². The van der Waals surface area contributed by atoms with Crippen LogP contribution in [0.15, 0.2) is 48.5 Å². The lowest BCUT2D eigenvalue weighted by Crippen LogP contribution is -2.37. The van der Waals surface area contributed by atoms with Gasteiger partial charge in [-0.15, -0.1) is 0 Å². The number of nitriles is 1. The van der Waals surface area contributed by atoms with E-state index in [1.54, 1.807) is 53.4 Å². The van der Waals surface area contributed by atoms with Gasteiger partial charge < -0.3 is 20.6 Å². The minimum atomic E-state index is -0.343. The molecule has 2 aromatic rings. The number of benzene rings is 2. The van der Waals surface area contributed by atoms with E-state index in [9.17, 15) is 9.59 Å². The Morgan fingerprint density at radius 3 is 2.46 bits per heavy atom. The Morgan fingerprint density at radius 2 is 1.79 bits per heavy atom. The molecule has 146 valence electrons. The predicted molar refractivity (Wildman–Crippen MR) is 108 cm³/mol. The summed E-state index contributed by atoms with van der Waals surface area (Å²) < 4.78 is 0. The van der Waals surface area contributed by atoms with Gasteiger partial charge >= 0.3 is 6.03 Å². The molecule has 0 bridgehead atoms. The van der Waals surface area contributed by atoms with Crippen LogP contribution in [0.4, 0.5) is 16.2 Å². The van der Waals surface area contributed by atoms with Crippen molar-refractivity contribution in [2.45, 2.75) is 19.8 Å².